The highest BCUT2D eigenvalue weighted by atomic mass is 35.5. The smallest absolute Gasteiger partial charge is 0.161 e. The minimum absolute atomic E-state index is 0.251. The lowest BCUT2D eigenvalue weighted by Crippen LogP contribution is -2.10. The molecule has 100 valence electrons. The van der Waals surface area contributed by atoms with Crippen molar-refractivity contribution < 1.29 is 4.39 Å². The van der Waals surface area contributed by atoms with Crippen molar-refractivity contribution in [3.63, 3.8) is 0 Å². The van der Waals surface area contributed by atoms with Gasteiger partial charge in [0.1, 0.15) is 5.82 Å². The Labute approximate surface area is 119 Å². The summed E-state index contributed by atoms with van der Waals surface area (Å²) < 4.78 is 13.7. The molecule has 0 spiro atoms. The van der Waals surface area contributed by atoms with E-state index in [9.17, 15) is 4.39 Å². The summed E-state index contributed by atoms with van der Waals surface area (Å²) in [5.41, 5.74) is 3.43. The van der Waals surface area contributed by atoms with Gasteiger partial charge in [0.15, 0.2) is 11.6 Å². The molecule has 1 aromatic heterocycles. The molecule has 2 aromatic rings. The van der Waals surface area contributed by atoms with E-state index in [1.54, 1.807) is 19.1 Å². The molecule has 0 atom stereocenters. The largest absolute Gasteiger partial charge is 0.337 e. The van der Waals surface area contributed by atoms with Crippen LogP contribution in [0.4, 0.5) is 21.7 Å². The molecular formula is C12H11Cl2FN4. The van der Waals surface area contributed by atoms with Gasteiger partial charge in [-0.15, -0.1) is 0 Å². The molecule has 0 aliphatic heterocycles. The first kappa shape index (κ1) is 13.9. The molecule has 2 rings (SSSR count). The van der Waals surface area contributed by atoms with Crippen LogP contribution >= 0.6 is 23.2 Å². The average Bonchev–Trinajstić information content (AvgIpc) is 2.35. The van der Waals surface area contributed by atoms with Crippen LogP contribution in [0.15, 0.2) is 24.3 Å². The second-order valence-corrected chi connectivity index (χ2v) is 4.72. The van der Waals surface area contributed by atoms with Crippen LogP contribution in [0.5, 0.6) is 0 Å². The van der Waals surface area contributed by atoms with Gasteiger partial charge in [0.25, 0.3) is 0 Å². The molecule has 0 saturated carbocycles. The van der Waals surface area contributed by atoms with E-state index in [4.69, 9.17) is 29.0 Å². The summed E-state index contributed by atoms with van der Waals surface area (Å²) in [4.78, 5) is 4.07. The molecule has 1 heterocycles. The van der Waals surface area contributed by atoms with Crippen molar-refractivity contribution in [2.45, 2.75) is 6.92 Å². The fraction of sp³-hybridized carbons (Fsp3) is 0.0833. The summed E-state index contributed by atoms with van der Waals surface area (Å²) >= 11 is 11.9. The number of hydrogen-bond donors (Lipinski definition) is 3. The lowest BCUT2D eigenvalue weighted by atomic mass is 10.2. The second-order valence-electron chi connectivity index (χ2n) is 3.90. The molecule has 0 saturated heterocycles. The number of nitrogen functional groups attached to an aromatic ring is 1. The van der Waals surface area contributed by atoms with Crippen molar-refractivity contribution in [3.8, 4) is 0 Å². The zero-order valence-electron chi connectivity index (χ0n) is 9.97. The predicted molar refractivity (Wildman–Crippen MR) is 76.5 cm³/mol. The van der Waals surface area contributed by atoms with Crippen molar-refractivity contribution in [1.29, 1.82) is 0 Å². The number of aryl methyl sites for hydroxylation is 1. The number of aromatic nitrogens is 1. The molecule has 0 bridgehead atoms. The van der Waals surface area contributed by atoms with Crippen LogP contribution in [0, 0.1) is 12.7 Å². The summed E-state index contributed by atoms with van der Waals surface area (Å²) in [5.74, 6) is 5.39. The Hall–Kier alpha value is -1.56. The monoisotopic (exact) mass is 300 g/mol. The Bertz CT molecular complexity index is 619. The van der Waals surface area contributed by atoms with Crippen LogP contribution in [0.1, 0.15) is 5.56 Å². The van der Waals surface area contributed by atoms with E-state index >= 15 is 0 Å². The van der Waals surface area contributed by atoms with Crippen LogP contribution in [0.25, 0.3) is 0 Å². The topological polar surface area (TPSA) is 63.0 Å². The van der Waals surface area contributed by atoms with Gasteiger partial charge in [-0.2, -0.15) is 0 Å². The number of anilines is 3. The van der Waals surface area contributed by atoms with E-state index in [1.165, 1.54) is 12.1 Å². The zero-order chi connectivity index (χ0) is 14.0. The number of nitrogens with two attached hydrogens (primary N) is 1. The third kappa shape index (κ3) is 3.07. The van der Waals surface area contributed by atoms with E-state index in [-0.39, 0.29) is 27.4 Å². The molecule has 0 amide bonds. The Kier molecular flexibility index (Phi) is 4.09. The van der Waals surface area contributed by atoms with E-state index in [2.05, 4.69) is 15.7 Å². The molecule has 0 radical (unpaired) electrons. The maximum atomic E-state index is 13.7. The molecule has 4 N–H and O–H groups in total. The van der Waals surface area contributed by atoms with Crippen molar-refractivity contribution >= 4 is 40.5 Å². The van der Waals surface area contributed by atoms with Gasteiger partial charge in [-0.05, 0) is 30.7 Å². The number of nitrogens with one attached hydrogen (secondary N) is 2. The number of rotatable bonds is 3. The SMILES string of the molecule is Cc1ccc(Nc2nc(NN)c(Cl)cc2Cl)c(F)c1. The van der Waals surface area contributed by atoms with Gasteiger partial charge in [-0.3, -0.25) is 0 Å². The Morgan fingerprint density at radius 2 is 1.84 bits per heavy atom. The summed E-state index contributed by atoms with van der Waals surface area (Å²) in [6, 6.07) is 6.26. The van der Waals surface area contributed by atoms with Gasteiger partial charge < -0.3 is 10.7 Å². The van der Waals surface area contributed by atoms with Crippen molar-refractivity contribution in [2.24, 2.45) is 5.84 Å². The van der Waals surface area contributed by atoms with Crippen LogP contribution in [-0.2, 0) is 0 Å². The minimum atomic E-state index is -0.393. The third-order valence-corrected chi connectivity index (χ3v) is 3.02. The predicted octanol–water partition coefficient (Wildman–Crippen LogP) is 3.87. The van der Waals surface area contributed by atoms with Gasteiger partial charge in [0, 0.05) is 0 Å². The van der Waals surface area contributed by atoms with Gasteiger partial charge >= 0.3 is 0 Å². The van der Waals surface area contributed by atoms with Crippen molar-refractivity contribution in [3.05, 3.63) is 45.7 Å². The highest BCUT2D eigenvalue weighted by Crippen LogP contribution is 2.31. The highest BCUT2D eigenvalue weighted by molar-refractivity contribution is 6.37. The maximum Gasteiger partial charge on any atom is 0.161 e. The molecule has 0 fully saturated rings. The van der Waals surface area contributed by atoms with E-state index in [1.807, 2.05) is 0 Å². The molecule has 19 heavy (non-hydrogen) atoms. The Morgan fingerprint density at radius 1 is 1.16 bits per heavy atom. The first-order valence-corrected chi connectivity index (χ1v) is 6.12. The van der Waals surface area contributed by atoms with Crippen molar-refractivity contribution in [1.82, 2.24) is 4.98 Å². The molecule has 1 aromatic carbocycles. The number of halogens is 3. The van der Waals surface area contributed by atoms with Crippen LogP contribution in [-0.4, -0.2) is 4.98 Å². The molecule has 0 unspecified atom stereocenters. The standard InChI is InChI=1S/C12H11Cl2FN4/c1-6-2-3-10(9(15)4-6)17-11-7(13)5-8(14)12(18-11)19-16/h2-5H,16H2,1H3,(H2,17,18,19). The molecule has 0 aliphatic carbocycles. The number of benzene rings is 1. The Balaban J connectivity index is 2.37. The fourth-order valence-corrected chi connectivity index (χ4v) is 1.96. The molecule has 4 nitrogen and oxygen atoms in total. The number of hydrogen-bond acceptors (Lipinski definition) is 4. The van der Waals surface area contributed by atoms with E-state index < -0.39 is 5.82 Å². The fourth-order valence-electron chi connectivity index (χ4n) is 1.50. The Morgan fingerprint density at radius 3 is 2.47 bits per heavy atom. The van der Waals surface area contributed by atoms with Crippen LogP contribution in [0.3, 0.4) is 0 Å². The third-order valence-electron chi connectivity index (χ3n) is 2.44. The highest BCUT2D eigenvalue weighted by Gasteiger charge is 2.10. The minimum Gasteiger partial charge on any atom is -0.337 e. The van der Waals surface area contributed by atoms with Crippen LogP contribution in [0.2, 0.25) is 10.0 Å². The second kappa shape index (κ2) is 5.61. The van der Waals surface area contributed by atoms with Gasteiger partial charge in [-0.1, -0.05) is 29.3 Å². The zero-order valence-corrected chi connectivity index (χ0v) is 11.5. The summed E-state index contributed by atoms with van der Waals surface area (Å²) in [5, 5.41) is 3.34. The van der Waals surface area contributed by atoms with Gasteiger partial charge in [0.2, 0.25) is 0 Å². The molecule has 7 heteroatoms. The normalized spacial score (nSPS) is 10.4. The summed E-state index contributed by atoms with van der Waals surface area (Å²) in [6.07, 6.45) is 0. The lowest BCUT2D eigenvalue weighted by molar-refractivity contribution is 0.630. The summed E-state index contributed by atoms with van der Waals surface area (Å²) in [6.45, 7) is 1.80. The molecule has 0 aliphatic rings. The van der Waals surface area contributed by atoms with Crippen LogP contribution < -0.4 is 16.6 Å². The average molecular weight is 301 g/mol. The maximum absolute atomic E-state index is 13.7. The van der Waals surface area contributed by atoms with Gasteiger partial charge in [-0.25, -0.2) is 15.2 Å². The number of pyridine rings is 1. The van der Waals surface area contributed by atoms with E-state index in [0.717, 1.165) is 5.56 Å². The molecular weight excluding hydrogens is 290 g/mol. The first-order chi connectivity index (χ1) is 9.01. The number of hydrazine groups is 1. The number of nitrogens with zero attached hydrogens (tertiary/aromatic N) is 1. The lowest BCUT2D eigenvalue weighted by Gasteiger charge is -2.11. The quantitative estimate of drug-likeness (QED) is 0.595. The summed E-state index contributed by atoms with van der Waals surface area (Å²) in [7, 11) is 0. The van der Waals surface area contributed by atoms with E-state index in [0.29, 0.717) is 0 Å². The first-order valence-electron chi connectivity index (χ1n) is 5.37. The van der Waals surface area contributed by atoms with Gasteiger partial charge in [0.05, 0.1) is 15.7 Å². The van der Waals surface area contributed by atoms with Crippen molar-refractivity contribution in [2.75, 3.05) is 10.7 Å².